The molecule has 0 spiro atoms. The minimum absolute atomic E-state index is 0.215. The highest BCUT2D eigenvalue weighted by Crippen LogP contribution is 2.34. The van der Waals surface area contributed by atoms with E-state index in [1.54, 1.807) is 4.52 Å². The average molecular weight is 518 g/mol. The number of nitrogens with zero attached hydrogens (tertiary/aromatic N) is 8. The number of nitriles is 1. The van der Waals surface area contributed by atoms with Crippen LogP contribution in [0.4, 0.5) is 11.6 Å². The summed E-state index contributed by atoms with van der Waals surface area (Å²) < 4.78 is 3.62. The zero-order chi connectivity index (χ0) is 26.9. The van der Waals surface area contributed by atoms with E-state index >= 15 is 0 Å². The Morgan fingerprint density at radius 2 is 1.74 bits per heavy atom. The molecule has 0 bridgehead atoms. The minimum atomic E-state index is 0.215. The normalized spacial score (nSPS) is 14.3. The van der Waals surface area contributed by atoms with Gasteiger partial charge in [-0.25, -0.2) is 9.50 Å². The molecule has 2 N–H and O–H groups in total. The van der Waals surface area contributed by atoms with Crippen molar-refractivity contribution in [3.63, 3.8) is 0 Å². The summed E-state index contributed by atoms with van der Waals surface area (Å²) in [6, 6.07) is 19.3. The molecule has 5 aromatic rings. The second-order valence-electron chi connectivity index (χ2n) is 10.3. The van der Waals surface area contributed by atoms with Crippen LogP contribution in [0.3, 0.4) is 0 Å². The van der Waals surface area contributed by atoms with Gasteiger partial charge >= 0.3 is 0 Å². The molecule has 0 atom stereocenters. The average Bonchev–Trinajstić information content (AvgIpc) is 3.58. The first kappa shape index (κ1) is 24.6. The van der Waals surface area contributed by atoms with Crippen molar-refractivity contribution < 1.29 is 0 Å². The number of rotatable bonds is 6. The molecule has 1 saturated heterocycles. The van der Waals surface area contributed by atoms with Crippen LogP contribution in [0, 0.1) is 11.3 Å². The third-order valence-corrected chi connectivity index (χ3v) is 7.33. The van der Waals surface area contributed by atoms with Gasteiger partial charge in [0.2, 0.25) is 0 Å². The molecule has 0 amide bonds. The van der Waals surface area contributed by atoms with E-state index in [2.05, 4.69) is 88.4 Å². The molecule has 1 aromatic carbocycles. The van der Waals surface area contributed by atoms with Crippen LogP contribution in [0.25, 0.3) is 27.8 Å². The summed E-state index contributed by atoms with van der Waals surface area (Å²) in [6.45, 7) is 8.99. The Morgan fingerprint density at radius 1 is 0.949 bits per heavy atom. The number of nitrogen functional groups attached to an aromatic ring is 1. The van der Waals surface area contributed by atoms with E-state index in [0.717, 1.165) is 60.8 Å². The summed E-state index contributed by atoms with van der Waals surface area (Å²) in [7, 11) is 0. The third-order valence-electron chi connectivity index (χ3n) is 7.33. The number of hydrogen-bond acceptors (Lipinski definition) is 7. The van der Waals surface area contributed by atoms with Crippen LogP contribution in [0.15, 0.2) is 73.3 Å². The molecule has 1 fully saturated rings. The lowest BCUT2D eigenvalue weighted by molar-refractivity contribution is 0.249. The van der Waals surface area contributed by atoms with Crippen molar-refractivity contribution >= 4 is 17.2 Å². The number of fused-ring (bicyclic) bond motifs is 1. The van der Waals surface area contributed by atoms with Crippen LogP contribution in [-0.2, 0) is 6.54 Å². The Kier molecular flexibility index (Phi) is 6.47. The summed E-state index contributed by atoms with van der Waals surface area (Å²) in [4.78, 5) is 9.65. The van der Waals surface area contributed by atoms with E-state index < -0.39 is 0 Å². The highest BCUT2D eigenvalue weighted by atomic mass is 15.3. The standard InChI is InChI=1S/C30H31N9/c1-21(2)38-20-25(17-34-38)24-14-26(29-27(15-31)30(32)35-39(29)19-24)23-8-9-28(33-16-23)37-12-10-36(11-13-37)18-22-6-4-3-5-7-22/h3-9,14,16-17,19-21H,10-13,18H2,1-2H3,(H2,32,35). The lowest BCUT2D eigenvalue weighted by Gasteiger charge is -2.35. The number of nitrogens with two attached hydrogens (primary N) is 1. The number of benzene rings is 1. The van der Waals surface area contributed by atoms with E-state index in [1.807, 2.05) is 29.5 Å². The van der Waals surface area contributed by atoms with E-state index in [-0.39, 0.29) is 11.9 Å². The topological polar surface area (TPSA) is 104 Å². The zero-order valence-electron chi connectivity index (χ0n) is 22.2. The van der Waals surface area contributed by atoms with Gasteiger partial charge < -0.3 is 10.6 Å². The third kappa shape index (κ3) is 4.82. The van der Waals surface area contributed by atoms with E-state index in [1.165, 1.54) is 5.56 Å². The molecule has 9 heteroatoms. The van der Waals surface area contributed by atoms with Gasteiger partial charge in [-0.1, -0.05) is 30.3 Å². The van der Waals surface area contributed by atoms with Crippen molar-refractivity contribution in [2.75, 3.05) is 36.8 Å². The van der Waals surface area contributed by atoms with Crippen LogP contribution < -0.4 is 10.6 Å². The highest BCUT2D eigenvalue weighted by molar-refractivity contribution is 5.90. The second-order valence-corrected chi connectivity index (χ2v) is 10.3. The predicted molar refractivity (Wildman–Crippen MR) is 153 cm³/mol. The van der Waals surface area contributed by atoms with Crippen molar-refractivity contribution in [1.82, 2.24) is 29.3 Å². The maximum atomic E-state index is 9.83. The molecule has 0 unspecified atom stereocenters. The van der Waals surface area contributed by atoms with Gasteiger partial charge in [-0.3, -0.25) is 9.58 Å². The van der Waals surface area contributed by atoms with Gasteiger partial charge in [0.15, 0.2) is 5.82 Å². The Labute approximate surface area is 227 Å². The fourth-order valence-electron chi connectivity index (χ4n) is 5.16. The Balaban J connectivity index is 1.28. The molecule has 4 aromatic heterocycles. The summed E-state index contributed by atoms with van der Waals surface area (Å²) >= 11 is 0. The lowest BCUT2D eigenvalue weighted by atomic mass is 10.0. The van der Waals surface area contributed by atoms with E-state index in [0.29, 0.717) is 11.1 Å². The van der Waals surface area contributed by atoms with Crippen LogP contribution in [0.2, 0.25) is 0 Å². The summed E-state index contributed by atoms with van der Waals surface area (Å²) in [5.41, 5.74) is 12.2. The fraction of sp³-hybridized carbons (Fsp3) is 0.267. The van der Waals surface area contributed by atoms with Gasteiger partial charge in [0.25, 0.3) is 0 Å². The zero-order valence-corrected chi connectivity index (χ0v) is 22.2. The predicted octanol–water partition coefficient (Wildman–Crippen LogP) is 4.62. The number of anilines is 2. The summed E-state index contributed by atoms with van der Waals surface area (Å²) in [5, 5.41) is 18.8. The molecule has 5 heterocycles. The van der Waals surface area contributed by atoms with Crippen LogP contribution in [-0.4, -0.2) is 55.5 Å². The van der Waals surface area contributed by atoms with Crippen molar-refractivity contribution in [1.29, 1.82) is 5.26 Å². The van der Waals surface area contributed by atoms with Crippen LogP contribution in [0.5, 0.6) is 0 Å². The Bertz CT molecular complexity index is 1630. The molecule has 39 heavy (non-hydrogen) atoms. The molecular weight excluding hydrogens is 486 g/mol. The molecule has 1 aliphatic heterocycles. The van der Waals surface area contributed by atoms with Gasteiger partial charge in [-0.05, 0) is 37.6 Å². The lowest BCUT2D eigenvalue weighted by Crippen LogP contribution is -2.46. The molecule has 196 valence electrons. The van der Waals surface area contributed by atoms with Crippen LogP contribution >= 0.6 is 0 Å². The smallest absolute Gasteiger partial charge is 0.164 e. The molecule has 0 radical (unpaired) electrons. The maximum Gasteiger partial charge on any atom is 0.164 e. The van der Waals surface area contributed by atoms with E-state index in [4.69, 9.17) is 10.7 Å². The van der Waals surface area contributed by atoms with Gasteiger partial charge in [0.1, 0.15) is 17.5 Å². The maximum absolute atomic E-state index is 9.83. The Morgan fingerprint density at radius 3 is 2.41 bits per heavy atom. The van der Waals surface area contributed by atoms with Crippen molar-refractivity contribution in [2.45, 2.75) is 26.4 Å². The molecule has 6 rings (SSSR count). The first-order valence-electron chi connectivity index (χ1n) is 13.2. The minimum Gasteiger partial charge on any atom is -0.381 e. The van der Waals surface area contributed by atoms with Gasteiger partial charge in [0.05, 0.1) is 11.7 Å². The largest absolute Gasteiger partial charge is 0.381 e. The fourth-order valence-corrected chi connectivity index (χ4v) is 5.16. The quantitative estimate of drug-likeness (QED) is 0.351. The summed E-state index contributed by atoms with van der Waals surface area (Å²) in [6.07, 6.45) is 7.65. The van der Waals surface area contributed by atoms with Crippen molar-refractivity contribution in [3.8, 4) is 28.3 Å². The number of hydrogen-bond donors (Lipinski definition) is 1. The van der Waals surface area contributed by atoms with Gasteiger partial charge in [0, 0.05) is 79.6 Å². The van der Waals surface area contributed by atoms with Crippen molar-refractivity contribution in [2.24, 2.45) is 0 Å². The van der Waals surface area contributed by atoms with Crippen LogP contribution in [0.1, 0.15) is 31.0 Å². The molecule has 9 nitrogen and oxygen atoms in total. The number of piperazine rings is 1. The number of aromatic nitrogens is 5. The van der Waals surface area contributed by atoms with E-state index in [9.17, 15) is 5.26 Å². The Hall–Kier alpha value is -4.68. The number of pyridine rings is 2. The first-order chi connectivity index (χ1) is 19.0. The SMILES string of the molecule is CC(C)n1cc(-c2cc(-c3ccc(N4CCN(Cc5ccccc5)CC4)nc3)c3c(C#N)c(N)nn3c2)cn1. The molecule has 0 aliphatic carbocycles. The molecular formula is C30H31N9. The van der Waals surface area contributed by atoms with Gasteiger partial charge in [-0.2, -0.15) is 10.4 Å². The van der Waals surface area contributed by atoms with Crippen molar-refractivity contribution in [3.05, 3.63) is 84.4 Å². The molecule has 0 saturated carbocycles. The first-order valence-corrected chi connectivity index (χ1v) is 13.2. The highest BCUT2D eigenvalue weighted by Gasteiger charge is 2.20. The monoisotopic (exact) mass is 517 g/mol. The second kappa shape index (κ2) is 10.2. The van der Waals surface area contributed by atoms with Gasteiger partial charge in [-0.15, -0.1) is 5.10 Å². The molecule has 1 aliphatic rings. The summed E-state index contributed by atoms with van der Waals surface area (Å²) in [5.74, 6) is 1.17.